The molecule has 0 bridgehead atoms. The molecule has 2 aromatic rings. The Balaban J connectivity index is 2.20. The van der Waals surface area contributed by atoms with Crippen LogP contribution in [0.5, 0.6) is 5.75 Å². The first-order valence-corrected chi connectivity index (χ1v) is 5.16. The normalized spacial score (nSPS) is 10.3. The Hall–Kier alpha value is -2.57. The quantitative estimate of drug-likeness (QED) is 0.771. The molecule has 0 amide bonds. The van der Waals surface area contributed by atoms with Crippen molar-refractivity contribution in [3.05, 3.63) is 35.9 Å². The molecule has 7 nitrogen and oxygen atoms in total. The molecular weight excluding hydrogens is 236 g/mol. The van der Waals surface area contributed by atoms with Crippen molar-refractivity contribution in [2.45, 2.75) is 6.61 Å². The minimum Gasteiger partial charge on any atom is -0.485 e. The highest BCUT2D eigenvalue weighted by Crippen LogP contribution is 2.22. The summed E-state index contributed by atoms with van der Waals surface area (Å²) >= 11 is 0. The van der Waals surface area contributed by atoms with Gasteiger partial charge in [0.1, 0.15) is 24.2 Å². The zero-order chi connectivity index (χ0) is 13.1. The van der Waals surface area contributed by atoms with Gasteiger partial charge in [-0.2, -0.15) is 5.10 Å². The second-order valence-electron chi connectivity index (χ2n) is 3.65. The number of nitrogens with two attached hydrogens (primary N) is 1. The summed E-state index contributed by atoms with van der Waals surface area (Å²) in [5, 5.41) is 12.9. The van der Waals surface area contributed by atoms with E-state index in [1.807, 2.05) is 0 Å². The Morgan fingerprint density at radius 2 is 2.33 bits per heavy atom. The van der Waals surface area contributed by atoms with E-state index >= 15 is 0 Å². The van der Waals surface area contributed by atoms with Crippen LogP contribution in [0.25, 0.3) is 0 Å². The number of nitrogen functional groups attached to an aromatic ring is 1. The molecule has 0 fully saturated rings. The number of aromatic carboxylic acids is 1. The summed E-state index contributed by atoms with van der Waals surface area (Å²) in [5.41, 5.74) is 6.10. The van der Waals surface area contributed by atoms with Gasteiger partial charge in [-0.1, -0.05) is 0 Å². The highest BCUT2D eigenvalue weighted by molar-refractivity contribution is 5.91. The Morgan fingerprint density at radius 3 is 2.94 bits per heavy atom. The number of carbonyl (C=O) groups is 1. The molecule has 2 rings (SSSR count). The predicted molar refractivity (Wildman–Crippen MR) is 63.1 cm³/mol. The third kappa shape index (κ3) is 2.40. The van der Waals surface area contributed by atoms with Gasteiger partial charge in [-0.05, 0) is 12.1 Å². The van der Waals surface area contributed by atoms with E-state index in [0.717, 1.165) is 0 Å². The van der Waals surface area contributed by atoms with E-state index in [-0.39, 0.29) is 17.9 Å². The average Bonchev–Trinajstić information content (AvgIpc) is 2.72. The number of benzene rings is 1. The SMILES string of the molecule is Cn1ncnc1COc1cc(N)ccc1C(=O)O. The molecule has 1 aromatic carbocycles. The number of hydrogen-bond acceptors (Lipinski definition) is 5. The minimum atomic E-state index is -1.07. The molecule has 18 heavy (non-hydrogen) atoms. The first-order valence-electron chi connectivity index (χ1n) is 5.16. The summed E-state index contributed by atoms with van der Waals surface area (Å²) in [5.74, 6) is -0.262. The van der Waals surface area contributed by atoms with Crippen LogP contribution in [0.1, 0.15) is 16.2 Å². The summed E-state index contributed by atoms with van der Waals surface area (Å²) in [7, 11) is 1.73. The molecular formula is C11H12N4O3. The van der Waals surface area contributed by atoms with Crippen molar-refractivity contribution in [1.82, 2.24) is 14.8 Å². The molecule has 0 saturated heterocycles. The van der Waals surface area contributed by atoms with E-state index in [9.17, 15) is 4.79 Å². The Kier molecular flexibility index (Phi) is 3.13. The maximum absolute atomic E-state index is 11.0. The molecule has 1 heterocycles. The third-order valence-electron chi connectivity index (χ3n) is 2.40. The van der Waals surface area contributed by atoms with Gasteiger partial charge in [0.25, 0.3) is 0 Å². The van der Waals surface area contributed by atoms with Gasteiger partial charge in [0, 0.05) is 18.8 Å². The Morgan fingerprint density at radius 1 is 1.56 bits per heavy atom. The summed E-state index contributed by atoms with van der Waals surface area (Å²) in [6.07, 6.45) is 1.40. The predicted octanol–water partition coefficient (Wildman–Crippen LogP) is 0.675. The Bertz CT molecular complexity index is 579. The molecule has 0 atom stereocenters. The highest BCUT2D eigenvalue weighted by atomic mass is 16.5. The largest absolute Gasteiger partial charge is 0.485 e. The van der Waals surface area contributed by atoms with Crippen LogP contribution in [0.3, 0.4) is 0 Å². The first-order chi connectivity index (χ1) is 8.58. The minimum absolute atomic E-state index is 0.0615. The molecule has 0 aliphatic carbocycles. The molecule has 7 heteroatoms. The molecule has 0 radical (unpaired) electrons. The van der Waals surface area contributed by atoms with Gasteiger partial charge < -0.3 is 15.6 Å². The summed E-state index contributed by atoms with van der Waals surface area (Å²) < 4.78 is 6.97. The summed E-state index contributed by atoms with van der Waals surface area (Å²) in [6.45, 7) is 0.125. The summed E-state index contributed by atoms with van der Waals surface area (Å²) in [6, 6.07) is 4.39. The lowest BCUT2D eigenvalue weighted by Gasteiger charge is -2.09. The topological polar surface area (TPSA) is 103 Å². The fourth-order valence-electron chi connectivity index (χ4n) is 1.43. The van der Waals surface area contributed by atoms with Crippen LogP contribution in [0.15, 0.2) is 24.5 Å². The standard InChI is InChI=1S/C11H12N4O3/c1-15-10(13-6-14-15)5-18-9-4-7(12)2-3-8(9)11(16)17/h2-4,6H,5,12H2,1H3,(H,16,17). The monoisotopic (exact) mass is 248 g/mol. The number of anilines is 1. The number of carboxylic acid groups (broad SMARTS) is 1. The van der Waals surface area contributed by atoms with Crippen molar-refractivity contribution in [2.75, 3.05) is 5.73 Å². The van der Waals surface area contributed by atoms with Gasteiger partial charge in [0.2, 0.25) is 0 Å². The fraction of sp³-hybridized carbons (Fsp3) is 0.182. The van der Waals surface area contributed by atoms with E-state index < -0.39 is 5.97 Å². The lowest BCUT2D eigenvalue weighted by atomic mass is 10.2. The van der Waals surface area contributed by atoms with Gasteiger partial charge in [0.15, 0.2) is 5.82 Å². The van der Waals surface area contributed by atoms with Crippen molar-refractivity contribution >= 4 is 11.7 Å². The molecule has 0 aliphatic heterocycles. The molecule has 3 N–H and O–H groups in total. The van der Waals surface area contributed by atoms with Gasteiger partial charge in [-0.3, -0.25) is 4.68 Å². The number of carboxylic acids is 1. The molecule has 1 aromatic heterocycles. The van der Waals surface area contributed by atoms with Crippen molar-refractivity contribution < 1.29 is 14.6 Å². The number of ether oxygens (including phenoxy) is 1. The Labute approximate surface area is 103 Å². The van der Waals surface area contributed by atoms with Crippen LogP contribution in [-0.4, -0.2) is 25.8 Å². The summed E-state index contributed by atoms with van der Waals surface area (Å²) in [4.78, 5) is 15.0. The average molecular weight is 248 g/mol. The van der Waals surface area contributed by atoms with E-state index in [4.69, 9.17) is 15.6 Å². The second-order valence-corrected chi connectivity index (χ2v) is 3.65. The van der Waals surface area contributed by atoms with Gasteiger partial charge in [-0.25, -0.2) is 9.78 Å². The molecule has 0 aliphatic rings. The number of aromatic nitrogens is 3. The lowest BCUT2D eigenvalue weighted by molar-refractivity contribution is 0.0691. The molecule has 0 spiro atoms. The number of rotatable bonds is 4. The number of hydrogen-bond donors (Lipinski definition) is 2. The van der Waals surface area contributed by atoms with Crippen LogP contribution in [0, 0.1) is 0 Å². The van der Waals surface area contributed by atoms with Gasteiger partial charge in [-0.15, -0.1) is 0 Å². The van der Waals surface area contributed by atoms with Crippen molar-refractivity contribution in [3.63, 3.8) is 0 Å². The van der Waals surface area contributed by atoms with Crippen LogP contribution in [0.4, 0.5) is 5.69 Å². The highest BCUT2D eigenvalue weighted by Gasteiger charge is 2.12. The van der Waals surface area contributed by atoms with Crippen molar-refractivity contribution in [1.29, 1.82) is 0 Å². The van der Waals surface area contributed by atoms with Crippen LogP contribution < -0.4 is 10.5 Å². The number of aryl methyl sites for hydroxylation is 1. The van der Waals surface area contributed by atoms with Gasteiger partial charge >= 0.3 is 5.97 Å². The maximum atomic E-state index is 11.0. The third-order valence-corrected chi connectivity index (χ3v) is 2.40. The maximum Gasteiger partial charge on any atom is 0.339 e. The number of nitrogens with zero attached hydrogens (tertiary/aromatic N) is 3. The van der Waals surface area contributed by atoms with E-state index in [1.165, 1.54) is 24.5 Å². The zero-order valence-electron chi connectivity index (χ0n) is 9.70. The van der Waals surface area contributed by atoms with Crippen LogP contribution >= 0.6 is 0 Å². The van der Waals surface area contributed by atoms with Crippen LogP contribution in [0.2, 0.25) is 0 Å². The van der Waals surface area contributed by atoms with Crippen molar-refractivity contribution in [2.24, 2.45) is 7.05 Å². The second kappa shape index (κ2) is 4.74. The van der Waals surface area contributed by atoms with E-state index in [0.29, 0.717) is 11.5 Å². The smallest absolute Gasteiger partial charge is 0.339 e. The van der Waals surface area contributed by atoms with E-state index in [1.54, 1.807) is 11.7 Å². The lowest BCUT2D eigenvalue weighted by Crippen LogP contribution is -2.08. The first kappa shape index (κ1) is 11.9. The van der Waals surface area contributed by atoms with Crippen molar-refractivity contribution in [3.8, 4) is 5.75 Å². The zero-order valence-corrected chi connectivity index (χ0v) is 9.70. The molecule has 0 unspecified atom stereocenters. The van der Waals surface area contributed by atoms with E-state index in [2.05, 4.69) is 10.1 Å². The van der Waals surface area contributed by atoms with Crippen LogP contribution in [-0.2, 0) is 13.7 Å². The molecule has 94 valence electrons. The van der Waals surface area contributed by atoms with Gasteiger partial charge in [0.05, 0.1) is 0 Å². The molecule has 0 saturated carbocycles. The fourth-order valence-corrected chi connectivity index (χ4v) is 1.43.